The van der Waals surface area contributed by atoms with E-state index in [0.717, 1.165) is 18.7 Å². The number of rotatable bonds is 6. The molecule has 3 atom stereocenters. The third-order valence-corrected chi connectivity index (χ3v) is 6.24. The minimum Gasteiger partial charge on any atom is -0.481 e. The highest BCUT2D eigenvalue weighted by molar-refractivity contribution is 5.82. The van der Waals surface area contributed by atoms with E-state index in [2.05, 4.69) is 19.9 Å². The molecule has 1 N–H and O–H groups in total. The molecule has 4 nitrogen and oxygen atoms in total. The SMILES string of the molecule is CC(C)c1ccccc1CC(CC(=O)N1CC2CCCCC2C1)C(=O)O. The predicted octanol–water partition coefficient (Wildman–Crippen LogP) is 4.09. The molecule has 2 fully saturated rings. The second-order valence-corrected chi connectivity index (χ2v) is 8.40. The maximum Gasteiger partial charge on any atom is 0.307 e. The predicted molar refractivity (Wildman–Crippen MR) is 102 cm³/mol. The van der Waals surface area contributed by atoms with Crippen LogP contribution in [0.4, 0.5) is 0 Å². The average Bonchev–Trinajstić information content (AvgIpc) is 3.05. The number of aliphatic carboxylic acids is 1. The molecule has 0 bridgehead atoms. The van der Waals surface area contributed by atoms with Crippen LogP contribution in [0.3, 0.4) is 0 Å². The Morgan fingerprint density at radius 1 is 1.12 bits per heavy atom. The molecule has 26 heavy (non-hydrogen) atoms. The van der Waals surface area contributed by atoms with Crippen molar-refractivity contribution in [1.29, 1.82) is 0 Å². The molecule has 0 radical (unpaired) electrons. The Labute approximate surface area is 156 Å². The van der Waals surface area contributed by atoms with Gasteiger partial charge in [0.15, 0.2) is 0 Å². The monoisotopic (exact) mass is 357 g/mol. The largest absolute Gasteiger partial charge is 0.481 e. The first-order valence-corrected chi connectivity index (χ1v) is 10.0. The van der Waals surface area contributed by atoms with E-state index in [-0.39, 0.29) is 12.3 Å². The van der Waals surface area contributed by atoms with E-state index in [0.29, 0.717) is 24.2 Å². The Hall–Kier alpha value is -1.84. The molecule has 1 saturated carbocycles. The number of amides is 1. The summed E-state index contributed by atoms with van der Waals surface area (Å²) in [5.41, 5.74) is 2.23. The molecule has 1 aliphatic carbocycles. The minimum atomic E-state index is -0.867. The maximum absolute atomic E-state index is 12.8. The van der Waals surface area contributed by atoms with Crippen LogP contribution in [0.15, 0.2) is 24.3 Å². The molecule has 4 heteroatoms. The fraction of sp³-hybridized carbons (Fsp3) is 0.636. The number of nitrogens with zero attached hydrogens (tertiary/aromatic N) is 1. The molecule has 3 rings (SSSR count). The van der Waals surface area contributed by atoms with E-state index < -0.39 is 11.9 Å². The topological polar surface area (TPSA) is 57.6 Å². The number of carbonyl (C=O) groups is 2. The third kappa shape index (κ3) is 4.28. The third-order valence-electron chi connectivity index (χ3n) is 6.24. The maximum atomic E-state index is 12.8. The van der Waals surface area contributed by atoms with Gasteiger partial charge in [-0.3, -0.25) is 9.59 Å². The lowest BCUT2D eigenvalue weighted by atomic mass is 9.82. The lowest BCUT2D eigenvalue weighted by molar-refractivity contribution is -0.145. The molecule has 1 aromatic carbocycles. The van der Waals surface area contributed by atoms with Gasteiger partial charge in [0.05, 0.1) is 5.92 Å². The number of fused-ring (bicyclic) bond motifs is 1. The van der Waals surface area contributed by atoms with Crippen LogP contribution < -0.4 is 0 Å². The van der Waals surface area contributed by atoms with Gasteiger partial charge in [0.25, 0.3) is 0 Å². The molecule has 1 saturated heterocycles. The van der Waals surface area contributed by atoms with Crippen LogP contribution in [0.2, 0.25) is 0 Å². The summed E-state index contributed by atoms with van der Waals surface area (Å²) in [4.78, 5) is 26.5. The van der Waals surface area contributed by atoms with Gasteiger partial charge in [-0.05, 0) is 48.1 Å². The molecular weight excluding hydrogens is 326 g/mol. The van der Waals surface area contributed by atoms with E-state index in [1.165, 1.54) is 31.2 Å². The van der Waals surface area contributed by atoms with Gasteiger partial charge in [-0.2, -0.15) is 0 Å². The minimum absolute atomic E-state index is 0.0221. The van der Waals surface area contributed by atoms with Crippen molar-refractivity contribution in [3.8, 4) is 0 Å². The zero-order valence-corrected chi connectivity index (χ0v) is 16.0. The van der Waals surface area contributed by atoms with Crippen LogP contribution in [0.1, 0.15) is 63.0 Å². The van der Waals surface area contributed by atoms with E-state index in [1.807, 2.05) is 23.1 Å². The Morgan fingerprint density at radius 2 is 1.73 bits per heavy atom. The second kappa shape index (κ2) is 8.24. The van der Waals surface area contributed by atoms with Crippen LogP contribution in [0.5, 0.6) is 0 Å². The number of carboxylic acids is 1. The van der Waals surface area contributed by atoms with Gasteiger partial charge < -0.3 is 10.0 Å². The first-order valence-electron chi connectivity index (χ1n) is 10.0. The number of benzene rings is 1. The summed E-state index contributed by atoms with van der Waals surface area (Å²) < 4.78 is 0. The molecule has 1 amide bonds. The van der Waals surface area contributed by atoms with Crippen LogP contribution in [-0.4, -0.2) is 35.0 Å². The van der Waals surface area contributed by atoms with Crippen molar-refractivity contribution in [3.63, 3.8) is 0 Å². The smallest absolute Gasteiger partial charge is 0.307 e. The van der Waals surface area contributed by atoms with Crippen molar-refractivity contribution in [3.05, 3.63) is 35.4 Å². The lowest BCUT2D eigenvalue weighted by Gasteiger charge is -2.22. The van der Waals surface area contributed by atoms with E-state index in [1.54, 1.807) is 0 Å². The van der Waals surface area contributed by atoms with Gasteiger partial charge in [0.1, 0.15) is 0 Å². The van der Waals surface area contributed by atoms with Crippen LogP contribution in [0, 0.1) is 17.8 Å². The van der Waals surface area contributed by atoms with Gasteiger partial charge in [0, 0.05) is 19.5 Å². The first-order chi connectivity index (χ1) is 12.5. The Bertz CT molecular complexity index is 641. The quantitative estimate of drug-likeness (QED) is 0.834. The summed E-state index contributed by atoms with van der Waals surface area (Å²) in [6.45, 7) is 5.90. The van der Waals surface area contributed by atoms with Crippen molar-refractivity contribution in [2.45, 2.75) is 58.3 Å². The second-order valence-electron chi connectivity index (χ2n) is 8.40. The van der Waals surface area contributed by atoms with Crippen LogP contribution in [0.25, 0.3) is 0 Å². The zero-order chi connectivity index (χ0) is 18.7. The van der Waals surface area contributed by atoms with Crippen LogP contribution in [-0.2, 0) is 16.0 Å². The normalized spacial score (nSPS) is 23.7. The molecule has 0 spiro atoms. The van der Waals surface area contributed by atoms with Gasteiger partial charge in [0.2, 0.25) is 5.91 Å². The van der Waals surface area contributed by atoms with Crippen molar-refractivity contribution in [2.24, 2.45) is 17.8 Å². The number of carbonyl (C=O) groups excluding carboxylic acids is 1. The Morgan fingerprint density at radius 3 is 2.31 bits per heavy atom. The molecule has 1 aromatic rings. The molecule has 3 unspecified atom stereocenters. The summed E-state index contributed by atoms with van der Waals surface area (Å²) in [5, 5.41) is 9.69. The molecular formula is C22H31NO3. The summed E-state index contributed by atoms with van der Waals surface area (Å²) >= 11 is 0. The molecule has 142 valence electrons. The van der Waals surface area contributed by atoms with E-state index >= 15 is 0 Å². The fourth-order valence-electron chi connectivity index (χ4n) is 4.74. The molecule has 1 heterocycles. The van der Waals surface area contributed by atoms with Gasteiger partial charge in [-0.15, -0.1) is 0 Å². The fourth-order valence-corrected chi connectivity index (χ4v) is 4.74. The lowest BCUT2D eigenvalue weighted by Crippen LogP contribution is -2.33. The van der Waals surface area contributed by atoms with E-state index in [9.17, 15) is 14.7 Å². The number of likely N-dealkylation sites (tertiary alicyclic amines) is 1. The number of carboxylic acid groups (broad SMARTS) is 1. The zero-order valence-electron chi connectivity index (χ0n) is 16.0. The van der Waals surface area contributed by atoms with Gasteiger partial charge in [-0.1, -0.05) is 51.0 Å². The summed E-state index contributed by atoms with van der Waals surface area (Å²) in [7, 11) is 0. The van der Waals surface area contributed by atoms with Crippen molar-refractivity contribution >= 4 is 11.9 Å². The highest BCUT2D eigenvalue weighted by Gasteiger charge is 2.37. The Kier molecular flexibility index (Phi) is 6.00. The number of hydrogen-bond acceptors (Lipinski definition) is 2. The van der Waals surface area contributed by atoms with Crippen molar-refractivity contribution in [2.75, 3.05) is 13.1 Å². The van der Waals surface area contributed by atoms with Gasteiger partial charge in [-0.25, -0.2) is 0 Å². The first kappa shape index (κ1) is 18.9. The highest BCUT2D eigenvalue weighted by Crippen LogP contribution is 2.36. The summed E-state index contributed by atoms with van der Waals surface area (Å²) in [5.74, 6) is 0.126. The standard InChI is InChI=1S/C22H31NO3/c1-15(2)20-10-6-5-7-16(20)11-19(22(25)26)12-21(24)23-13-17-8-3-4-9-18(17)14-23/h5-7,10,15,17-19H,3-4,8-9,11-14H2,1-2H3,(H,25,26). The summed E-state index contributed by atoms with van der Waals surface area (Å²) in [6, 6.07) is 8.00. The average molecular weight is 357 g/mol. The Balaban J connectivity index is 1.66. The van der Waals surface area contributed by atoms with Gasteiger partial charge >= 0.3 is 5.97 Å². The van der Waals surface area contributed by atoms with Crippen LogP contribution >= 0.6 is 0 Å². The summed E-state index contributed by atoms with van der Waals surface area (Å²) in [6.07, 6.45) is 5.52. The number of hydrogen-bond donors (Lipinski definition) is 1. The highest BCUT2D eigenvalue weighted by atomic mass is 16.4. The van der Waals surface area contributed by atoms with Crippen molar-refractivity contribution < 1.29 is 14.7 Å². The molecule has 0 aromatic heterocycles. The molecule has 2 aliphatic rings. The van der Waals surface area contributed by atoms with Crippen molar-refractivity contribution in [1.82, 2.24) is 4.90 Å². The molecule has 1 aliphatic heterocycles. The van der Waals surface area contributed by atoms with E-state index in [4.69, 9.17) is 0 Å².